The van der Waals surface area contributed by atoms with Gasteiger partial charge in [0.1, 0.15) is 0 Å². The summed E-state index contributed by atoms with van der Waals surface area (Å²) in [5, 5.41) is 4.48. The van der Waals surface area contributed by atoms with E-state index >= 15 is 0 Å². The van der Waals surface area contributed by atoms with Gasteiger partial charge in [0.2, 0.25) is 6.41 Å². The molecule has 1 aromatic carbocycles. The number of nitrogens with one attached hydrogen (secondary N) is 2. The van der Waals surface area contributed by atoms with Crippen LogP contribution in [0.15, 0.2) is 24.3 Å². The molecule has 0 unspecified atom stereocenters. The van der Waals surface area contributed by atoms with Gasteiger partial charge in [0.05, 0.1) is 0 Å². The maximum absolute atomic E-state index is 12.6. The van der Waals surface area contributed by atoms with Gasteiger partial charge in [-0.05, 0) is 11.1 Å². The number of carbonyl (C=O) groups excluding carboxylic acids is 2. The van der Waals surface area contributed by atoms with Crippen molar-refractivity contribution in [3.8, 4) is 0 Å². The molecule has 5 nitrogen and oxygen atoms in total. The third-order valence-corrected chi connectivity index (χ3v) is 2.62. The Morgan fingerprint density at radius 3 is 2.30 bits per heavy atom. The van der Waals surface area contributed by atoms with Crippen molar-refractivity contribution in [2.24, 2.45) is 0 Å². The average Bonchev–Trinajstić information content (AvgIpc) is 2.48. The van der Waals surface area contributed by atoms with Crippen LogP contribution >= 0.6 is 0 Å². The molecule has 2 N–H and O–H groups in total. The van der Waals surface area contributed by atoms with Crippen LogP contribution in [0.1, 0.15) is 11.1 Å². The number of ether oxygens (including phenoxy) is 1. The van der Waals surface area contributed by atoms with E-state index in [9.17, 15) is 31.5 Å². The molecule has 0 fully saturated rings. The minimum Gasteiger partial charge on any atom is -0.443 e. The summed E-state index contributed by atoms with van der Waals surface area (Å²) in [5.41, 5.74) is 1.27. The van der Waals surface area contributed by atoms with Gasteiger partial charge in [0, 0.05) is 13.1 Å². The summed E-state index contributed by atoms with van der Waals surface area (Å²) in [5.74, 6) is -5.11. The van der Waals surface area contributed by atoms with Crippen molar-refractivity contribution < 1.29 is 36.3 Å². The highest BCUT2D eigenvalue weighted by atomic mass is 19.4. The monoisotopic (exact) mass is 340 g/mol. The minimum absolute atomic E-state index is 0.134. The topological polar surface area (TPSA) is 67.4 Å². The van der Waals surface area contributed by atoms with E-state index in [2.05, 4.69) is 15.4 Å². The molecule has 0 aliphatic rings. The second-order valence-electron chi connectivity index (χ2n) is 4.45. The zero-order chi connectivity index (χ0) is 17.5. The lowest BCUT2D eigenvalue weighted by atomic mass is 10.1. The number of amides is 2. The van der Waals surface area contributed by atoms with E-state index in [1.807, 2.05) is 0 Å². The molecule has 128 valence electrons. The molecule has 23 heavy (non-hydrogen) atoms. The third kappa shape index (κ3) is 6.09. The Morgan fingerprint density at radius 1 is 1.13 bits per heavy atom. The van der Waals surface area contributed by atoms with Crippen LogP contribution in [-0.4, -0.2) is 31.2 Å². The molecule has 0 aliphatic heterocycles. The van der Waals surface area contributed by atoms with Crippen LogP contribution in [0, 0.1) is 0 Å². The number of benzene rings is 1. The van der Waals surface area contributed by atoms with Crippen LogP contribution in [-0.2, 0) is 22.6 Å². The molecule has 0 aromatic heterocycles. The van der Waals surface area contributed by atoms with Crippen molar-refractivity contribution in [2.75, 3.05) is 6.61 Å². The zero-order valence-electron chi connectivity index (χ0n) is 11.6. The molecule has 1 aromatic rings. The summed E-state index contributed by atoms with van der Waals surface area (Å²) in [7, 11) is 0. The second-order valence-corrected chi connectivity index (χ2v) is 4.45. The Bertz CT molecular complexity index is 549. The Kier molecular flexibility index (Phi) is 6.28. The fraction of sp³-hybridized carbons (Fsp3) is 0.385. The van der Waals surface area contributed by atoms with E-state index < -0.39 is 24.8 Å². The summed E-state index contributed by atoms with van der Waals surface area (Å²) in [6.45, 7) is -1.98. The van der Waals surface area contributed by atoms with E-state index in [0.717, 1.165) is 0 Å². The first-order valence-electron chi connectivity index (χ1n) is 6.26. The number of alkyl halides is 5. The molecule has 0 spiro atoms. The van der Waals surface area contributed by atoms with E-state index in [-0.39, 0.29) is 13.1 Å². The molecule has 2 amide bonds. The summed E-state index contributed by atoms with van der Waals surface area (Å²) in [4.78, 5) is 21.3. The smallest absolute Gasteiger partial charge is 0.443 e. The van der Waals surface area contributed by atoms with Crippen molar-refractivity contribution in [1.82, 2.24) is 10.6 Å². The van der Waals surface area contributed by atoms with E-state index in [0.29, 0.717) is 17.5 Å². The molecule has 1 rings (SSSR count). The van der Waals surface area contributed by atoms with E-state index in [4.69, 9.17) is 0 Å². The van der Waals surface area contributed by atoms with Gasteiger partial charge >= 0.3 is 18.2 Å². The van der Waals surface area contributed by atoms with Crippen molar-refractivity contribution in [3.05, 3.63) is 35.4 Å². The fourth-order valence-electron chi connectivity index (χ4n) is 1.47. The molecule has 0 saturated carbocycles. The van der Waals surface area contributed by atoms with Gasteiger partial charge in [-0.15, -0.1) is 0 Å². The van der Waals surface area contributed by atoms with Gasteiger partial charge in [-0.25, -0.2) is 4.79 Å². The average molecular weight is 340 g/mol. The first kappa shape index (κ1) is 18.7. The predicted molar refractivity (Wildman–Crippen MR) is 68.5 cm³/mol. The Morgan fingerprint density at radius 2 is 1.74 bits per heavy atom. The molecule has 0 bridgehead atoms. The lowest BCUT2D eigenvalue weighted by Gasteiger charge is -2.19. The highest BCUT2D eigenvalue weighted by molar-refractivity contribution is 5.67. The lowest BCUT2D eigenvalue weighted by Crippen LogP contribution is -2.42. The van der Waals surface area contributed by atoms with Crippen LogP contribution in [0.2, 0.25) is 0 Å². The second kappa shape index (κ2) is 7.75. The van der Waals surface area contributed by atoms with Crippen LogP contribution < -0.4 is 10.6 Å². The van der Waals surface area contributed by atoms with Crippen LogP contribution in [0.4, 0.5) is 26.7 Å². The fourth-order valence-corrected chi connectivity index (χ4v) is 1.47. The largest absolute Gasteiger partial charge is 0.456 e. The van der Waals surface area contributed by atoms with Crippen molar-refractivity contribution in [2.45, 2.75) is 25.2 Å². The summed E-state index contributed by atoms with van der Waals surface area (Å²) < 4.78 is 64.7. The normalized spacial score (nSPS) is 11.7. The van der Waals surface area contributed by atoms with Crippen LogP contribution in [0.5, 0.6) is 0 Å². The molecule has 0 radical (unpaired) electrons. The third-order valence-electron chi connectivity index (χ3n) is 2.62. The zero-order valence-corrected chi connectivity index (χ0v) is 11.6. The van der Waals surface area contributed by atoms with Gasteiger partial charge in [-0.1, -0.05) is 24.3 Å². The first-order chi connectivity index (χ1) is 10.7. The van der Waals surface area contributed by atoms with E-state index in [1.165, 1.54) is 0 Å². The predicted octanol–water partition coefficient (Wildman–Crippen LogP) is 2.36. The SMILES string of the molecule is O=CNCc1cccc(CNC(=O)OCC(F)(F)C(F)(F)F)c1. The van der Waals surface area contributed by atoms with Gasteiger partial charge in [-0.3, -0.25) is 4.79 Å². The summed E-state index contributed by atoms with van der Waals surface area (Å²) >= 11 is 0. The molecule has 0 atom stereocenters. The Balaban J connectivity index is 2.46. The molecule has 0 heterocycles. The molecule has 10 heteroatoms. The number of rotatable bonds is 7. The lowest BCUT2D eigenvalue weighted by molar-refractivity contribution is -0.292. The molecular weight excluding hydrogens is 327 g/mol. The Hall–Kier alpha value is -2.39. The number of carbonyl (C=O) groups is 2. The minimum atomic E-state index is -5.78. The number of hydrogen-bond donors (Lipinski definition) is 2. The maximum Gasteiger partial charge on any atom is 0.456 e. The highest BCUT2D eigenvalue weighted by Gasteiger charge is 2.58. The highest BCUT2D eigenvalue weighted by Crippen LogP contribution is 2.35. The first-order valence-corrected chi connectivity index (χ1v) is 6.26. The summed E-state index contributed by atoms with van der Waals surface area (Å²) in [6.07, 6.45) is -6.68. The Labute approximate surface area is 127 Å². The number of alkyl carbamates (subject to hydrolysis) is 1. The maximum atomic E-state index is 12.6. The number of hydrogen-bond acceptors (Lipinski definition) is 3. The van der Waals surface area contributed by atoms with Crippen molar-refractivity contribution in [3.63, 3.8) is 0 Å². The van der Waals surface area contributed by atoms with Gasteiger partial charge in [-0.2, -0.15) is 22.0 Å². The molecule has 0 saturated heterocycles. The van der Waals surface area contributed by atoms with Gasteiger partial charge < -0.3 is 15.4 Å². The summed E-state index contributed by atoms with van der Waals surface area (Å²) in [6, 6.07) is 6.53. The quantitative estimate of drug-likeness (QED) is 0.591. The molecular formula is C13H13F5N2O3. The van der Waals surface area contributed by atoms with Crippen LogP contribution in [0.25, 0.3) is 0 Å². The molecule has 0 aliphatic carbocycles. The van der Waals surface area contributed by atoms with Crippen molar-refractivity contribution >= 4 is 12.5 Å². The van der Waals surface area contributed by atoms with Crippen LogP contribution in [0.3, 0.4) is 0 Å². The van der Waals surface area contributed by atoms with Gasteiger partial charge in [0.15, 0.2) is 6.61 Å². The number of halogens is 5. The standard InChI is InChI=1S/C13H13F5N2O3/c14-12(15,13(16,17)18)7-23-11(22)20-6-10-3-1-2-9(4-10)5-19-8-21/h1-4,8H,5-7H2,(H,19,21)(H,20,22). The van der Waals surface area contributed by atoms with Crippen molar-refractivity contribution in [1.29, 1.82) is 0 Å². The van der Waals surface area contributed by atoms with E-state index in [1.54, 1.807) is 24.3 Å². The van der Waals surface area contributed by atoms with Gasteiger partial charge in [0.25, 0.3) is 0 Å².